The van der Waals surface area contributed by atoms with Gasteiger partial charge in [-0.3, -0.25) is 4.99 Å². The van der Waals surface area contributed by atoms with Crippen LogP contribution in [0, 0.1) is 5.92 Å². The van der Waals surface area contributed by atoms with Crippen LogP contribution in [0.2, 0.25) is 0 Å². The Morgan fingerprint density at radius 1 is 1.18 bits per heavy atom. The van der Waals surface area contributed by atoms with Gasteiger partial charge in [-0.2, -0.15) is 0 Å². The topological polar surface area (TPSA) is 54.9 Å². The van der Waals surface area contributed by atoms with E-state index in [-0.39, 0.29) is 0 Å². The maximum atomic E-state index is 5.40. The number of rotatable bonds is 7. The van der Waals surface area contributed by atoms with Crippen LogP contribution in [0.3, 0.4) is 0 Å². The minimum absolute atomic E-state index is 0.323. The molecule has 1 aliphatic rings. The molecule has 1 aliphatic heterocycles. The molecule has 5 nitrogen and oxygen atoms in total. The Balaban J connectivity index is 1.74. The zero-order valence-corrected chi connectivity index (χ0v) is 13.8. The molecule has 0 saturated carbocycles. The van der Waals surface area contributed by atoms with Gasteiger partial charge in [-0.05, 0) is 30.0 Å². The Labute approximate surface area is 133 Å². The second kappa shape index (κ2) is 8.51. The van der Waals surface area contributed by atoms with Crippen molar-refractivity contribution >= 4 is 5.96 Å². The van der Waals surface area contributed by atoms with Gasteiger partial charge in [0.1, 0.15) is 0 Å². The van der Waals surface area contributed by atoms with Crippen molar-refractivity contribution in [2.24, 2.45) is 10.9 Å². The third kappa shape index (κ3) is 4.55. The molecule has 0 aromatic heterocycles. The number of hydrogen-bond donors (Lipinski definition) is 2. The lowest BCUT2D eigenvalue weighted by Crippen LogP contribution is -2.40. The number of fused-ring (bicyclic) bond motifs is 1. The summed E-state index contributed by atoms with van der Waals surface area (Å²) < 4.78 is 10.7. The molecule has 0 radical (unpaired) electrons. The number of nitrogens with zero attached hydrogens (tertiary/aromatic N) is 1. The van der Waals surface area contributed by atoms with E-state index in [1.165, 1.54) is 18.4 Å². The molecule has 122 valence electrons. The summed E-state index contributed by atoms with van der Waals surface area (Å²) >= 11 is 0. The minimum Gasteiger partial charge on any atom is -0.454 e. The molecule has 5 heteroatoms. The Morgan fingerprint density at radius 2 is 1.95 bits per heavy atom. The normalized spacial score (nSPS) is 13.5. The number of aliphatic imine (C=N–C) groups is 1. The largest absolute Gasteiger partial charge is 0.454 e. The van der Waals surface area contributed by atoms with Crippen LogP contribution in [0.25, 0.3) is 0 Å². The lowest BCUT2D eigenvalue weighted by molar-refractivity contribution is 0.174. The van der Waals surface area contributed by atoms with E-state index in [2.05, 4.69) is 35.5 Å². The first kappa shape index (κ1) is 16.5. The Kier molecular flexibility index (Phi) is 6.37. The summed E-state index contributed by atoms with van der Waals surface area (Å²) in [4.78, 5) is 4.27. The van der Waals surface area contributed by atoms with Gasteiger partial charge in [-0.1, -0.05) is 32.8 Å². The highest BCUT2D eigenvalue weighted by atomic mass is 16.7. The number of ether oxygens (including phenoxy) is 2. The van der Waals surface area contributed by atoms with Gasteiger partial charge in [0, 0.05) is 20.1 Å². The number of hydrogen-bond acceptors (Lipinski definition) is 3. The van der Waals surface area contributed by atoms with Crippen LogP contribution in [0.1, 0.15) is 32.3 Å². The van der Waals surface area contributed by atoms with Gasteiger partial charge in [0.05, 0.1) is 0 Å². The molecule has 2 rings (SSSR count). The van der Waals surface area contributed by atoms with Crippen LogP contribution in [-0.4, -0.2) is 32.9 Å². The Morgan fingerprint density at radius 3 is 2.68 bits per heavy atom. The maximum absolute atomic E-state index is 5.40. The molecule has 1 heterocycles. The molecule has 22 heavy (non-hydrogen) atoms. The van der Waals surface area contributed by atoms with E-state index in [0.29, 0.717) is 12.7 Å². The molecule has 0 saturated heterocycles. The third-order valence-corrected chi connectivity index (χ3v) is 4.08. The summed E-state index contributed by atoms with van der Waals surface area (Å²) in [6.45, 7) is 6.58. The monoisotopic (exact) mass is 305 g/mol. The molecule has 0 atom stereocenters. The fourth-order valence-electron chi connectivity index (χ4n) is 2.46. The van der Waals surface area contributed by atoms with Crippen molar-refractivity contribution in [3.05, 3.63) is 23.8 Å². The van der Waals surface area contributed by atoms with E-state index in [0.717, 1.165) is 37.0 Å². The third-order valence-electron chi connectivity index (χ3n) is 4.08. The average Bonchev–Trinajstić information content (AvgIpc) is 3.01. The quantitative estimate of drug-likeness (QED) is 0.600. The highest BCUT2D eigenvalue weighted by Crippen LogP contribution is 2.32. The molecular formula is C17H27N3O2. The first-order valence-corrected chi connectivity index (χ1v) is 8.09. The summed E-state index contributed by atoms with van der Waals surface area (Å²) in [7, 11) is 1.81. The smallest absolute Gasteiger partial charge is 0.231 e. The molecule has 1 aromatic rings. The number of benzene rings is 1. The van der Waals surface area contributed by atoms with Crippen LogP contribution in [0.15, 0.2) is 23.2 Å². The van der Waals surface area contributed by atoms with Crippen molar-refractivity contribution in [3.63, 3.8) is 0 Å². The molecule has 0 spiro atoms. The van der Waals surface area contributed by atoms with Crippen LogP contribution in [0.5, 0.6) is 11.5 Å². The maximum Gasteiger partial charge on any atom is 0.231 e. The summed E-state index contributed by atoms with van der Waals surface area (Å²) in [6.07, 6.45) is 3.30. The molecule has 2 N–H and O–H groups in total. The van der Waals surface area contributed by atoms with Crippen LogP contribution in [-0.2, 0) is 6.42 Å². The molecular weight excluding hydrogens is 278 g/mol. The first-order valence-electron chi connectivity index (χ1n) is 8.09. The van der Waals surface area contributed by atoms with Crippen molar-refractivity contribution in [3.8, 4) is 11.5 Å². The van der Waals surface area contributed by atoms with Crippen molar-refractivity contribution in [1.29, 1.82) is 0 Å². The lowest BCUT2D eigenvalue weighted by atomic mass is 10.0. The van der Waals surface area contributed by atoms with Crippen LogP contribution < -0.4 is 20.1 Å². The van der Waals surface area contributed by atoms with Crippen molar-refractivity contribution < 1.29 is 9.47 Å². The zero-order valence-electron chi connectivity index (χ0n) is 13.8. The number of guanidine groups is 1. The highest BCUT2D eigenvalue weighted by Gasteiger charge is 2.13. The predicted octanol–water partition coefficient (Wildman–Crippen LogP) is 2.56. The fourth-order valence-corrected chi connectivity index (χ4v) is 2.46. The van der Waals surface area contributed by atoms with Crippen LogP contribution in [0.4, 0.5) is 0 Å². The molecule has 0 bridgehead atoms. The summed E-state index contributed by atoms with van der Waals surface area (Å²) in [6, 6.07) is 6.10. The van der Waals surface area contributed by atoms with Gasteiger partial charge in [0.15, 0.2) is 17.5 Å². The lowest BCUT2D eigenvalue weighted by Gasteiger charge is -2.16. The number of nitrogens with one attached hydrogen (secondary N) is 2. The summed E-state index contributed by atoms with van der Waals surface area (Å²) in [5.41, 5.74) is 1.23. The summed E-state index contributed by atoms with van der Waals surface area (Å²) in [5.74, 6) is 3.24. The van der Waals surface area contributed by atoms with E-state index in [9.17, 15) is 0 Å². The summed E-state index contributed by atoms with van der Waals surface area (Å²) in [5, 5.41) is 6.75. The van der Waals surface area contributed by atoms with Crippen molar-refractivity contribution in [2.75, 3.05) is 26.9 Å². The average molecular weight is 305 g/mol. The molecule has 0 aliphatic carbocycles. The molecule has 1 aromatic carbocycles. The standard InChI is InChI=1S/C17H27N3O2/c1-4-13(5-2)11-20-17(18-3)19-9-8-14-6-7-15-16(10-14)22-12-21-15/h6-7,10,13H,4-5,8-9,11-12H2,1-3H3,(H2,18,19,20). The van der Waals surface area contributed by atoms with Gasteiger partial charge >= 0.3 is 0 Å². The van der Waals surface area contributed by atoms with E-state index < -0.39 is 0 Å². The van der Waals surface area contributed by atoms with E-state index in [4.69, 9.17) is 9.47 Å². The van der Waals surface area contributed by atoms with Crippen molar-refractivity contribution in [2.45, 2.75) is 33.1 Å². The SMILES string of the molecule is CCC(CC)CNC(=NC)NCCc1ccc2c(c1)OCO2. The van der Waals surface area contributed by atoms with Gasteiger partial charge in [0.25, 0.3) is 0 Å². The first-order chi connectivity index (χ1) is 10.8. The van der Waals surface area contributed by atoms with Crippen LogP contribution >= 0.6 is 0 Å². The highest BCUT2D eigenvalue weighted by molar-refractivity contribution is 5.79. The molecule has 0 unspecified atom stereocenters. The fraction of sp³-hybridized carbons (Fsp3) is 0.588. The van der Waals surface area contributed by atoms with Gasteiger partial charge in [-0.15, -0.1) is 0 Å². The van der Waals surface area contributed by atoms with E-state index in [1.807, 2.05) is 19.2 Å². The van der Waals surface area contributed by atoms with E-state index in [1.54, 1.807) is 0 Å². The Hall–Kier alpha value is -1.91. The molecule has 0 amide bonds. The van der Waals surface area contributed by atoms with Crippen molar-refractivity contribution in [1.82, 2.24) is 10.6 Å². The second-order valence-electron chi connectivity index (χ2n) is 5.50. The van der Waals surface area contributed by atoms with E-state index >= 15 is 0 Å². The zero-order chi connectivity index (χ0) is 15.8. The van der Waals surface area contributed by atoms with Gasteiger partial charge in [-0.25, -0.2) is 0 Å². The second-order valence-corrected chi connectivity index (χ2v) is 5.50. The predicted molar refractivity (Wildman–Crippen MR) is 89.7 cm³/mol. The Bertz CT molecular complexity index is 499. The minimum atomic E-state index is 0.323. The van der Waals surface area contributed by atoms with Gasteiger partial charge < -0.3 is 20.1 Å². The van der Waals surface area contributed by atoms with Gasteiger partial charge in [0.2, 0.25) is 6.79 Å². The molecule has 0 fully saturated rings.